The van der Waals surface area contributed by atoms with Gasteiger partial charge < -0.3 is 0 Å². The predicted octanol–water partition coefficient (Wildman–Crippen LogP) is 3.33. The summed E-state index contributed by atoms with van der Waals surface area (Å²) in [5.41, 5.74) is 0.166. The van der Waals surface area contributed by atoms with Crippen molar-refractivity contribution < 1.29 is 13.2 Å². The summed E-state index contributed by atoms with van der Waals surface area (Å²) >= 11 is 0. The highest BCUT2D eigenvalue weighted by molar-refractivity contribution is 5.35. The van der Waals surface area contributed by atoms with E-state index >= 15 is 0 Å². The molecule has 0 saturated carbocycles. The molecule has 80 valence electrons. The Labute approximate surface area is 86.1 Å². The van der Waals surface area contributed by atoms with Gasteiger partial charge in [-0.15, -0.1) is 0 Å². The number of hydrogen-bond acceptors (Lipinski definition) is 1. The van der Waals surface area contributed by atoms with Crippen molar-refractivity contribution in [3.05, 3.63) is 34.9 Å². The summed E-state index contributed by atoms with van der Waals surface area (Å²) in [5, 5.41) is 8.46. The van der Waals surface area contributed by atoms with Crippen LogP contribution in [0.1, 0.15) is 23.6 Å². The number of halogens is 3. The second-order valence-corrected chi connectivity index (χ2v) is 3.18. The van der Waals surface area contributed by atoms with E-state index in [4.69, 9.17) is 5.26 Å². The van der Waals surface area contributed by atoms with E-state index in [1.54, 1.807) is 6.07 Å². The molecule has 0 heterocycles. The van der Waals surface area contributed by atoms with Gasteiger partial charge in [0, 0.05) is 0 Å². The fourth-order valence-electron chi connectivity index (χ4n) is 1.37. The van der Waals surface area contributed by atoms with E-state index < -0.39 is 11.7 Å². The third-order valence-corrected chi connectivity index (χ3v) is 2.15. The Balaban J connectivity index is 3.22. The van der Waals surface area contributed by atoms with Crippen LogP contribution in [0, 0.1) is 11.3 Å². The van der Waals surface area contributed by atoms with Gasteiger partial charge in [-0.1, -0.05) is 19.1 Å². The van der Waals surface area contributed by atoms with Gasteiger partial charge >= 0.3 is 6.18 Å². The Morgan fingerprint density at radius 3 is 2.47 bits per heavy atom. The lowest BCUT2D eigenvalue weighted by atomic mass is 10.0. The quantitative estimate of drug-likeness (QED) is 0.739. The topological polar surface area (TPSA) is 23.8 Å². The highest BCUT2D eigenvalue weighted by Crippen LogP contribution is 2.32. The zero-order chi connectivity index (χ0) is 11.5. The Morgan fingerprint density at radius 2 is 2.00 bits per heavy atom. The zero-order valence-electron chi connectivity index (χ0n) is 8.23. The molecule has 0 aromatic heterocycles. The summed E-state index contributed by atoms with van der Waals surface area (Å²) in [6.45, 7) is 1.86. The fraction of sp³-hybridized carbons (Fsp3) is 0.364. The maximum absolute atomic E-state index is 12.5. The first kappa shape index (κ1) is 11.6. The number of rotatable bonds is 2. The summed E-state index contributed by atoms with van der Waals surface area (Å²) in [4.78, 5) is 0. The molecule has 1 aromatic rings. The monoisotopic (exact) mass is 213 g/mol. The van der Waals surface area contributed by atoms with Crippen LogP contribution in [0.2, 0.25) is 0 Å². The summed E-state index contributed by atoms with van der Waals surface area (Å²) in [6, 6.07) is 5.69. The third kappa shape index (κ3) is 2.72. The maximum atomic E-state index is 12.5. The molecule has 0 aliphatic rings. The molecule has 0 spiro atoms. The van der Waals surface area contributed by atoms with Crippen LogP contribution in [0.3, 0.4) is 0 Å². The van der Waals surface area contributed by atoms with Gasteiger partial charge in [0.05, 0.1) is 18.1 Å². The lowest BCUT2D eigenvalue weighted by Crippen LogP contribution is -2.09. The molecule has 0 N–H and O–H groups in total. The molecule has 0 radical (unpaired) electrons. The van der Waals surface area contributed by atoms with Crippen molar-refractivity contribution in [2.45, 2.75) is 25.9 Å². The van der Waals surface area contributed by atoms with E-state index in [-0.39, 0.29) is 12.0 Å². The van der Waals surface area contributed by atoms with Crippen LogP contribution in [-0.2, 0) is 19.0 Å². The van der Waals surface area contributed by atoms with Gasteiger partial charge in [-0.05, 0) is 23.6 Å². The maximum Gasteiger partial charge on any atom is 0.416 e. The molecule has 0 saturated heterocycles. The minimum atomic E-state index is -4.38. The minimum Gasteiger partial charge on any atom is -0.198 e. The molecule has 1 nitrogen and oxygen atoms in total. The van der Waals surface area contributed by atoms with Crippen molar-refractivity contribution in [2.24, 2.45) is 0 Å². The molecule has 0 aliphatic heterocycles. The van der Waals surface area contributed by atoms with Crippen LogP contribution in [0.15, 0.2) is 18.2 Å². The van der Waals surface area contributed by atoms with Crippen molar-refractivity contribution >= 4 is 0 Å². The second-order valence-electron chi connectivity index (χ2n) is 3.18. The van der Waals surface area contributed by atoms with Crippen LogP contribution < -0.4 is 0 Å². The molecular weight excluding hydrogens is 203 g/mol. The molecule has 4 heteroatoms. The molecule has 0 aliphatic carbocycles. The molecule has 0 atom stereocenters. The molecule has 0 bridgehead atoms. The summed E-state index contributed by atoms with van der Waals surface area (Å²) in [6.07, 6.45) is -3.92. The number of nitriles is 1. The predicted molar refractivity (Wildman–Crippen MR) is 50.1 cm³/mol. The SMILES string of the molecule is CCc1ccc(C(F)(F)F)c(CC#N)c1. The third-order valence-electron chi connectivity index (χ3n) is 2.15. The van der Waals surface area contributed by atoms with Crippen LogP contribution in [0.4, 0.5) is 13.2 Å². The Bertz CT molecular complexity index is 388. The van der Waals surface area contributed by atoms with E-state index in [0.29, 0.717) is 6.42 Å². The number of nitrogens with zero attached hydrogens (tertiary/aromatic N) is 1. The summed E-state index contributed by atoms with van der Waals surface area (Å²) < 4.78 is 37.5. The number of hydrogen-bond donors (Lipinski definition) is 0. The molecular formula is C11H10F3N. The van der Waals surface area contributed by atoms with Crippen LogP contribution >= 0.6 is 0 Å². The zero-order valence-corrected chi connectivity index (χ0v) is 8.23. The molecule has 0 fully saturated rings. The van der Waals surface area contributed by atoms with E-state index in [9.17, 15) is 13.2 Å². The van der Waals surface area contributed by atoms with Gasteiger partial charge in [-0.25, -0.2) is 0 Å². The Hall–Kier alpha value is -1.50. The molecule has 1 aromatic carbocycles. The average Bonchev–Trinajstić information content (AvgIpc) is 2.16. The largest absolute Gasteiger partial charge is 0.416 e. The first-order valence-corrected chi connectivity index (χ1v) is 4.55. The molecule has 0 amide bonds. The highest BCUT2D eigenvalue weighted by atomic mass is 19.4. The molecule has 15 heavy (non-hydrogen) atoms. The fourth-order valence-corrected chi connectivity index (χ4v) is 1.37. The van der Waals surface area contributed by atoms with Crippen molar-refractivity contribution in [1.82, 2.24) is 0 Å². The van der Waals surface area contributed by atoms with Crippen LogP contribution in [-0.4, -0.2) is 0 Å². The Morgan fingerprint density at radius 1 is 1.33 bits per heavy atom. The lowest BCUT2D eigenvalue weighted by Gasteiger charge is -2.11. The smallest absolute Gasteiger partial charge is 0.198 e. The van der Waals surface area contributed by atoms with Crippen molar-refractivity contribution in [1.29, 1.82) is 5.26 Å². The highest BCUT2D eigenvalue weighted by Gasteiger charge is 2.32. The second kappa shape index (κ2) is 4.35. The van der Waals surface area contributed by atoms with E-state index in [1.807, 2.05) is 6.92 Å². The van der Waals surface area contributed by atoms with Crippen molar-refractivity contribution in [2.75, 3.05) is 0 Å². The van der Waals surface area contributed by atoms with Gasteiger partial charge in [-0.2, -0.15) is 18.4 Å². The Kier molecular flexibility index (Phi) is 3.35. The first-order chi connectivity index (χ1) is 6.99. The van der Waals surface area contributed by atoms with Gasteiger partial charge in [0.2, 0.25) is 0 Å². The summed E-state index contributed by atoms with van der Waals surface area (Å²) in [7, 11) is 0. The lowest BCUT2D eigenvalue weighted by molar-refractivity contribution is -0.138. The number of aryl methyl sites for hydroxylation is 1. The van der Waals surface area contributed by atoms with Gasteiger partial charge in [0.1, 0.15) is 0 Å². The van der Waals surface area contributed by atoms with Crippen LogP contribution in [0.25, 0.3) is 0 Å². The van der Waals surface area contributed by atoms with Gasteiger partial charge in [0.25, 0.3) is 0 Å². The van der Waals surface area contributed by atoms with Crippen molar-refractivity contribution in [3.8, 4) is 6.07 Å². The van der Waals surface area contributed by atoms with E-state index in [1.165, 1.54) is 12.1 Å². The summed E-state index contributed by atoms with van der Waals surface area (Å²) in [5.74, 6) is 0. The van der Waals surface area contributed by atoms with E-state index in [2.05, 4.69) is 0 Å². The number of alkyl halides is 3. The van der Waals surface area contributed by atoms with Gasteiger partial charge in [0.15, 0.2) is 0 Å². The molecule has 0 unspecified atom stereocenters. The van der Waals surface area contributed by atoms with E-state index in [0.717, 1.165) is 11.6 Å². The normalized spacial score (nSPS) is 11.1. The van der Waals surface area contributed by atoms with Crippen LogP contribution in [0.5, 0.6) is 0 Å². The first-order valence-electron chi connectivity index (χ1n) is 4.55. The van der Waals surface area contributed by atoms with Gasteiger partial charge in [-0.3, -0.25) is 0 Å². The standard InChI is InChI=1S/C11H10F3N/c1-2-8-3-4-10(11(12,13)14)9(7-8)5-6-15/h3-4,7H,2,5H2,1H3. The van der Waals surface area contributed by atoms with Crippen molar-refractivity contribution in [3.63, 3.8) is 0 Å². The average molecular weight is 213 g/mol. The molecule has 1 rings (SSSR count). The number of benzene rings is 1. The minimum absolute atomic E-state index is 0.0596.